The molecule has 4 heterocycles. The largest absolute Gasteiger partial charge is 0.465 e. The van der Waals surface area contributed by atoms with Crippen molar-refractivity contribution in [3.05, 3.63) is 65.2 Å². The zero-order valence-electron chi connectivity index (χ0n) is 27.2. The lowest BCUT2D eigenvalue weighted by Gasteiger charge is -2.46. The molecule has 2 aromatic rings. The number of anilines is 1. The lowest BCUT2D eigenvalue weighted by atomic mass is 9.82. The van der Waals surface area contributed by atoms with Crippen LogP contribution in [0.1, 0.15) is 62.1 Å². The van der Waals surface area contributed by atoms with Crippen LogP contribution in [0, 0.1) is 12.8 Å². The van der Waals surface area contributed by atoms with Crippen LogP contribution in [0.4, 0.5) is 15.3 Å². The molecule has 0 aliphatic carbocycles. The number of hydrogen-bond donors (Lipinski definition) is 3. The Morgan fingerprint density at radius 2 is 1.67 bits per heavy atom. The number of aryl methyl sites for hydroxylation is 1. The molecule has 10 heteroatoms. The monoisotopic (exact) mass is 631 g/mol. The highest BCUT2D eigenvalue weighted by atomic mass is 16.4. The van der Waals surface area contributed by atoms with Crippen molar-refractivity contribution >= 4 is 23.7 Å². The smallest absolute Gasteiger partial charge is 0.407 e. The maximum atomic E-state index is 14.5. The lowest BCUT2D eigenvalue weighted by Crippen LogP contribution is -2.59. The van der Waals surface area contributed by atoms with Crippen molar-refractivity contribution in [1.29, 1.82) is 0 Å². The Morgan fingerprint density at radius 3 is 2.39 bits per heavy atom. The van der Waals surface area contributed by atoms with Crippen LogP contribution < -0.4 is 5.32 Å². The quantitative estimate of drug-likeness (QED) is 0.430. The number of likely N-dealkylation sites (tertiary alicyclic amines) is 3. The van der Waals surface area contributed by atoms with Crippen LogP contribution in [0.3, 0.4) is 0 Å². The number of rotatable bonds is 6. The number of carbonyl (C=O) groups is 3. The molecule has 4 amide bonds. The van der Waals surface area contributed by atoms with Gasteiger partial charge in [-0.25, -0.2) is 9.59 Å². The van der Waals surface area contributed by atoms with Gasteiger partial charge in [0.05, 0.1) is 11.5 Å². The molecule has 4 aliphatic rings. The van der Waals surface area contributed by atoms with Gasteiger partial charge in [-0.2, -0.15) is 0 Å². The molecule has 0 bridgehead atoms. The minimum absolute atomic E-state index is 0.00570. The Bertz CT molecular complexity index is 1410. The predicted molar refractivity (Wildman–Crippen MR) is 177 cm³/mol. The van der Waals surface area contributed by atoms with Gasteiger partial charge < -0.3 is 35.1 Å². The first kappa shape index (κ1) is 32.3. The summed E-state index contributed by atoms with van der Waals surface area (Å²) in [4.78, 5) is 48.4. The second kappa shape index (κ2) is 13.6. The van der Waals surface area contributed by atoms with Crippen molar-refractivity contribution in [2.24, 2.45) is 5.92 Å². The van der Waals surface area contributed by atoms with Crippen molar-refractivity contribution in [2.45, 2.75) is 88.9 Å². The summed E-state index contributed by atoms with van der Waals surface area (Å²) < 4.78 is 0. The predicted octanol–water partition coefficient (Wildman–Crippen LogP) is 4.59. The normalized spacial score (nSPS) is 24.9. The number of nitrogens with one attached hydrogen (secondary N) is 1. The Labute approximate surface area is 272 Å². The molecule has 10 nitrogen and oxygen atoms in total. The van der Waals surface area contributed by atoms with E-state index in [0.717, 1.165) is 61.2 Å². The van der Waals surface area contributed by atoms with E-state index >= 15 is 0 Å². The highest BCUT2D eigenvalue weighted by Gasteiger charge is 2.44. The van der Waals surface area contributed by atoms with Gasteiger partial charge >= 0.3 is 12.1 Å². The van der Waals surface area contributed by atoms with Gasteiger partial charge in [0, 0.05) is 63.1 Å². The van der Waals surface area contributed by atoms with Gasteiger partial charge in [-0.1, -0.05) is 48.0 Å². The van der Waals surface area contributed by atoms with E-state index in [1.54, 1.807) is 0 Å². The fraction of sp³-hybridized carbons (Fsp3) is 0.583. The van der Waals surface area contributed by atoms with Crippen LogP contribution in [0.25, 0.3) is 0 Å². The molecular formula is C36H49N5O5. The van der Waals surface area contributed by atoms with E-state index in [0.29, 0.717) is 51.4 Å². The van der Waals surface area contributed by atoms with Crippen LogP contribution in [-0.2, 0) is 17.6 Å². The molecule has 3 atom stereocenters. The highest BCUT2D eigenvalue weighted by Crippen LogP contribution is 2.34. The number of piperidine rings is 3. The average molecular weight is 632 g/mol. The fourth-order valence-electron chi connectivity index (χ4n) is 8.16. The third-order valence-corrected chi connectivity index (χ3v) is 10.9. The molecule has 0 saturated carbocycles. The van der Waals surface area contributed by atoms with Crippen LogP contribution in [0.2, 0.25) is 0 Å². The molecule has 0 aromatic heterocycles. The first-order valence-electron chi connectivity index (χ1n) is 17.0. The summed E-state index contributed by atoms with van der Waals surface area (Å²) in [6.45, 7) is 7.77. The molecular weight excluding hydrogens is 582 g/mol. The summed E-state index contributed by atoms with van der Waals surface area (Å²) in [7, 11) is 0. The summed E-state index contributed by atoms with van der Waals surface area (Å²) in [6, 6.07) is 15.5. The topological polar surface area (TPSA) is 117 Å². The van der Waals surface area contributed by atoms with Crippen LogP contribution >= 0.6 is 0 Å². The number of nitrogens with zero attached hydrogens (tertiary/aromatic N) is 4. The molecule has 248 valence electrons. The van der Waals surface area contributed by atoms with Crippen molar-refractivity contribution in [2.75, 3.05) is 44.6 Å². The van der Waals surface area contributed by atoms with Crippen LogP contribution in [0.5, 0.6) is 0 Å². The molecule has 0 spiro atoms. The summed E-state index contributed by atoms with van der Waals surface area (Å²) >= 11 is 0. The summed E-state index contributed by atoms with van der Waals surface area (Å²) in [5.41, 5.74) is 3.43. The molecule has 3 fully saturated rings. The number of hydrogen-bond acceptors (Lipinski definition) is 5. The van der Waals surface area contributed by atoms with E-state index in [-0.39, 0.29) is 24.5 Å². The van der Waals surface area contributed by atoms with Crippen molar-refractivity contribution in [3.8, 4) is 0 Å². The number of urea groups is 1. The Kier molecular flexibility index (Phi) is 9.57. The number of benzene rings is 2. The minimum Gasteiger partial charge on any atom is -0.465 e. The van der Waals surface area contributed by atoms with E-state index in [1.165, 1.54) is 4.90 Å². The van der Waals surface area contributed by atoms with Gasteiger partial charge in [-0.05, 0) is 82.4 Å². The third-order valence-electron chi connectivity index (χ3n) is 10.9. The number of aliphatic hydroxyl groups is 1. The van der Waals surface area contributed by atoms with Gasteiger partial charge in [0.25, 0.3) is 0 Å². The fourth-order valence-corrected chi connectivity index (χ4v) is 8.16. The molecule has 3 saturated heterocycles. The van der Waals surface area contributed by atoms with E-state index < -0.39 is 23.7 Å². The maximum absolute atomic E-state index is 14.5. The molecule has 46 heavy (non-hydrogen) atoms. The molecule has 3 N–H and O–H groups in total. The lowest BCUT2D eigenvalue weighted by molar-refractivity contribution is -0.140. The summed E-state index contributed by atoms with van der Waals surface area (Å²) in [6.07, 6.45) is 4.37. The Morgan fingerprint density at radius 1 is 0.957 bits per heavy atom. The number of amides is 4. The highest BCUT2D eigenvalue weighted by molar-refractivity contribution is 5.91. The molecule has 0 radical (unpaired) electrons. The van der Waals surface area contributed by atoms with E-state index in [4.69, 9.17) is 0 Å². The van der Waals surface area contributed by atoms with Crippen LogP contribution in [0.15, 0.2) is 48.5 Å². The van der Waals surface area contributed by atoms with Crippen molar-refractivity contribution < 1.29 is 24.6 Å². The van der Waals surface area contributed by atoms with E-state index in [2.05, 4.69) is 16.3 Å². The van der Waals surface area contributed by atoms with Crippen LogP contribution in [-0.4, -0.2) is 111 Å². The van der Waals surface area contributed by atoms with Gasteiger partial charge in [-0.3, -0.25) is 4.79 Å². The van der Waals surface area contributed by atoms with Gasteiger partial charge in [0.1, 0.15) is 0 Å². The first-order valence-corrected chi connectivity index (χ1v) is 17.0. The number of carboxylic acid groups (broad SMARTS) is 1. The second-order valence-corrected chi connectivity index (χ2v) is 14.1. The van der Waals surface area contributed by atoms with Gasteiger partial charge in [-0.15, -0.1) is 0 Å². The molecule has 2 aromatic carbocycles. The summed E-state index contributed by atoms with van der Waals surface area (Å²) in [5, 5.41) is 23.9. The minimum atomic E-state index is -1.02. The molecule has 2 unspecified atom stereocenters. The number of fused-ring (bicyclic) bond motifs is 1. The Hall–Kier alpha value is -3.63. The zero-order valence-corrected chi connectivity index (χ0v) is 27.2. The van der Waals surface area contributed by atoms with E-state index in [1.807, 2.05) is 66.1 Å². The molecule has 4 aliphatic heterocycles. The zero-order chi connectivity index (χ0) is 32.4. The van der Waals surface area contributed by atoms with Gasteiger partial charge in [0.15, 0.2) is 0 Å². The van der Waals surface area contributed by atoms with Gasteiger partial charge in [0.2, 0.25) is 5.91 Å². The second-order valence-electron chi connectivity index (χ2n) is 14.1. The standard InChI is InChI=1S/C36H49N5O5/c1-25-6-5-7-26(22-25)23-30(33(42)39-16-11-28(12-17-39)38-20-14-36(2,46)15-21-38)32-24-29(13-19-41(32)35(44)45)40-18-10-27-8-3-4-9-31(27)37-34(40)43/h3-9,22,28-30,32,46H,10-21,23-24H2,1-2H3,(H,37,43)(H,44,45)/t29?,30?,32-/m1/s1. The first-order chi connectivity index (χ1) is 22.1. The third kappa shape index (κ3) is 7.18. The number of carbonyl (C=O) groups excluding carboxylic acids is 2. The molecule has 6 rings (SSSR count). The summed E-state index contributed by atoms with van der Waals surface area (Å²) in [5.74, 6) is -0.555. The van der Waals surface area contributed by atoms with Crippen molar-refractivity contribution in [3.63, 3.8) is 0 Å². The van der Waals surface area contributed by atoms with E-state index in [9.17, 15) is 24.6 Å². The Balaban J connectivity index is 1.21. The van der Waals surface area contributed by atoms with Crippen molar-refractivity contribution in [1.82, 2.24) is 19.6 Å². The maximum Gasteiger partial charge on any atom is 0.407 e. The average Bonchev–Trinajstić information content (AvgIpc) is 3.21. The number of para-hydroxylation sites is 1. The SMILES string of the molecule is Cc1cccc(CC(C(=O)N2CCC(N3CCC(C)(O)CC3)CC2)[C@H]2CC(N3CCc4ccccc4NC3=O)CCN2C(=O)O)c1.